The molecule has 0 saturated carbocycles. The molecular weight excluding hydrogens is 314 g/mol. The molecule has 18 heavy (non-hydrogen) atoms. The second-order valence-electron chi connectivity index (χ2n) is 3.92. The highest BCUT2D eigenvalue weighted by atomic mass is 79.9. The fourth-order valence-corrected chi connectivity index (χ4v) is 2.87. The lowest BCUT2D eigenvalue weighted by atomic mass is 10.2. The summed E-state index contributed by atoms with van der Waals surface area (Å²) in [6.45, 7) is 2.67. The number of carboxylic acids is 1. The van der Waals surface area contributed by atoms with Crippen molar-refractivity contribution in [3.63, 3.8) is 0 Å². The molecule has 0 spiro atoms. The van der Waals surface area contributed by atoms with Crippen molar-refractivity contribution in [1.29, 1.82) is 0 Å². The van der Waals surface area contributed by atoms with E-state index < -0.39 is 5.97 Å². The van der Waals surface area contributed by atoms with Gasteiger partial charge >= 0.3 is 5.97 Å². The highest BCUT2D eigenvalue weighted by Gasteiger charge is 2.06. The van der Waals surface area contributed by atoms with Gasteiger partial charge in [-0.3, -0.25) is 0 Å². The first kappa shape index (κ1) is 13.1. The normalized spacial score (nSPS) is 10.3. The summed E-state index contributed by atoms with van der Waals surface area (Å²) in [5, 5.41) is 13.8. The summed E-state index contributed by atoms with van der Waals surface area (Å²) in [6, 6.07) is 7.73. The standard InChI is InChI=1S/C13H12BrNO2S/c1-8-4-10(14)2-3-12(8)15-6-11-5-9(7-18-11)13(16)17/h2-5,7,15H,6H2,1H3,(H,16,17). The molecule has 0 saturated heterocycles. The van der Waals surface area contributed by atoms with Crippen LogP contribution in [-0.4, -0.2) is 11.1 Å². The van der Waals surface area contributed by atoms with Crippen LogP contribution in [0.2, 0.25) is 0 Å². The molecule has 1 aromatic carbocycles. The van der Waals surface area contributed by atoms with Crippen LogP contribution in [-0.2, 0) is 6.54 Å². The highest BCUT2D eigenvalue weighted by Crippen LogP contribution is 2.22. The number of aryl methyl sites for hydroxylation is 1. The molecule has 1 heterocycles. The number of thiophene rings is 1. The van der Waals surface area contributed by atoms with Crippen LogP contribution in [0.15, 0.2) is 34.1 Å². The fraction of sp³-hybridized carbons (Fsp3) is 0.154. The number of hydrogen-bond donors (Lipinski definition) is 2. The zero-order chi connectivity index (χ0) is 13.1. The summed E-state index contributed by atoms with van der Waals surface area (Å²) in [5.74, 6) is -0.877. The van der Waals surface area contributed by atoms with Gasteiger partial charge in [0.05, 0.1) is 5.56 Å². The Morgan fingerprint density at radius 2 is 2.22 bits per heavy atom. The Kier molecular flexibility index (Phi) is 4.04. The average molecular weight is 326 g/mol. The number of nitrogens with one attached hydrogen (secondary N) is 1. The minimum atomic E-state index is -0.877. The van der Waals surface area contributed by atoms with E-state index in [-0.39, 0.29) is 0 Å². The minimum absolute atomic E-state index is 0.351. The first-order valence-corrected chi connectivity index (χ1v) is 7.04. The molecule has 0 fully saturated rings. The van der Waals surface area contributed by atoms with Crippen molar-refractivity contribution in [1.82, 2.24) is 0 Å². The van der Waals surface area contributed by atoms with Crippen molar-refractivity contribution in [2.24, 2.45) is 0 Å². The van der Waals surface area contributed by atoms with Crippen molar-refractivity contribution in [3.8, 4) is 0 Å². The summed E-state index contributed by atoms with van der Waals surface area (Å²) in [7, 11) is 0. The van der Waals surface area contributed by atoms with Crippen LogP contribution < -0.4 is 5.32 Å². The smallest absolute Gasteiger partial charge is 0.336 e. The summed E-state index contributed by atoms with van der Waals surface area (Å²) >= 11 is 4.87. The van der Waals surface area contributed by atoms with Gasteiger partial charge in [0.1, 0.15) is 0 Å². The molecular formula is C13H12BrNO2S. The van der Waals surface area contributed by atoms with Gasteiger partial charge in [0.15, 0.2) is 0 Å². The van der Waals surface area contributed by atoms with E-state index in [2.05, 4.69) is 21.2 Å². The van der Waals surface area contributed by atoms with Crippen LogP contribution in [0.4, 0.5) is 5.69 Å². The summed E-state index contributed by atoms with van der Waals surface area (Å²) in [6.07, 6.45) is 0. The Bertz CT molecular complexity index is 580. The molecule has 1 aromatic heterocycles. The van der Waals surface area contributed by atoms with Gasteiger partial charge in [-0.1, -0.05) is 15.9 Å². The SMILES string of the molecule is Cc1cc(Br)ccc1NCc1cc(C(=O)O)cs1. The zero-order valence-corrected chi connectivity index (χ0v) is 12.1. The van der Waals surface area contributed by atoms with Crippen LogP contribution in [0.1, 0.15) is 20.8 Å². The van der Waals surface area contributed by atoms with E-state index >= 15 is 0 Å². The quantitative estimate of drug-likeness (QED) is 0.888. The van der Waals surface area contributed by atoms with Crippen LogP contribution >= 0.6 is 27.3 Å². The third kappa shape index (κ3) is 3.11. The Labute approximate surface area is 118 Å². The number of aromatic carboxylic acids is 1. The lowest BCUT2D eigenvalue weighted by molar-refractivity contribution is 0.0697. The number of carbonyl (C=O) groups is 1. The summed E-state index contributed by atoms with van der Waals surface area (Å²) < 4.78 is 1.05. The van der Waals surface area contributed by atoms with Gasteiger partial charge in [-0.2, -0.15) is 0 Å². The van der Waals surface area contributed by atoms with Gasteiger partial charge in [0.25, 0.3) is 0 Å². The van der Waals surface area contributed by atoms with Crippen molar-refractivity contribution in [2.45, 2.75) is 13.5 Å². The van der Waals surface area contributed by atoms with E-state index in [0.717, 1.165) is 20.6 Å². The Hall–Kier alpha value is -1.33. The predicted molar refractivity (Wildman–Crippen MR) is 77.5 cm³/mol. The lowest BCUT2D eigenvalue weighted by Gasteiger charge is -2.08. The topological polar surface area (TPSA) is 49.3 Å². The van der Waals surface area contributed by atoms with Crippen LogP contribution in [0.5, 0.6) is 0 Å². The molecule has 94 valence electrons. The largest absolute Gasteiger partial charge is 0.478 e. The van der Waals surface area contributed by atoms with Crippen LogP contribution in [0, 0.1) is 6.92 Å². The second-order valence-corrected chi connectivity index (χ2v) is 5.83. The van der Waals surface area contributed by atoms with Gasteiger partial charge < -0.3 is 10.4 Å². The van der Waals surface area contributed by atoms with E-state index in [4.69, 9.17) is 5.11 Å². The third-order valence-electron chi connectivity index (χ3n) is 2.54. The molecule has 0 atom stereocenters. The maximum Gasteiger partial charge on any atom is 0.336 e. The minimum Gasteiger partial charge on any atom is -0.478 e. The first-order chi connectivity index (χ1) is 8.56. The van der Waals surface area contributed by atoms with Gasteiger partial charge in [-0.25, -0.2) is 4.79 Å². The van der Waals surface area contributed by atoms with Gasteiger partial charge in [-0.05, 0) is 36.8 Å². The second kappa shape index (κ2) is 5.54. The number of benzene rings is 1. The number of hydrogen-bond acceptors (Lipinski definition) is 3. The molecule has 2 aromatic rings. The molecule has 0 amide bonds. The molecule has 0 unspecified atom stereocenters. The highest BCUT2D eigenvalue weighted by molar-refractivity contribution is 9.10. The molecule has 3 nitrogen and oxygen atoms in total. The summed E-state index contributed by atoms with van der Waals surface area (Å²) in [5.41, 5.74) is 2.56. The predicted octanol–water partition coefficient (Wildman–Crippen LogP) is 4.13. The zero-order valence-electron chi connectivity index (χ0n) is 9.74. The maximum atomic E-state index is 10.8. The van der Waals surface area contributed by atoms with Crippen LogP contribution in [0.3, 0.4) is 0 Å². The maximum absolute atomic E-state index is 10.8. The molecule has 0 radical (unpaired) electrons. The molecule has 0 aliphatic heterocycles. The fourth-order valence-electron chi connectivity index (χ4n) is 1.59. The van der Waals surface area contributed by atoms with Crippen LogP contribution in [0.25, 0.3) is 0 Å². The van der Waals surface area contributed by atoms with Gasteiger partial charge in [0, 0.05) is 27.0 Å². The Balaban J connectivity index is 2.04. The Morgan fingerprint density at radius 3 is 2.83 bits per heavy atom. The molecule has 2 rings (SSSR count). The van der Waals surface area contributed by atoms with Crippen molar-refractivity contribution in [3.05, 3.63) is 50.1 Å². The summed E-state index contributed by atoms with van der Waals surface area (Å²) in [4.78, 5) is 11.8. The van der Waals surface area contributed by atoms with Crippen molar-refractivity contribution < 1.29 is 9.90 Å². The molecule has 0 bridgehead atoms. The van der Waals surface area contributed by atoms with Gasteiger partial charge in [-0.15, -0.1) is 11.3 Å². The molecule has 2 N–H and O–H groups in total. The monoisotopic (exact) mass is 325 g/mol. The molecule has 5 heteroatoms. The number of halogens is 1. The van der Waals surface area contributed by atoms with E-state index in [0.29, 0.717) is 12.1 Å². The number of rotatable bonds is 4. The lowest BCUT2D eigenvalue weighted by Crippen LogP contribution is -1.99. The van der Waals surface area contributed by atoms with E-state index in [1.165, 1.54) is 11.3 Å². The number of carboxylic acid groups (broad SMARTS) is 1. The third-order valence-corrected chi connectivity index (χ3v) is 3.97. The van der Waals surface area contributed by atoms with Crippen molar-refractivity contribution >= 4 is 38.9 Å². The van der Waals surface area contributed by atoms with E-state index in [1.807, 2.05) is 25.1 Å². The first-order valence-electron chi connectivity index (χ1n) is 5.37. The number of anilines is 1. The molecule has 0 aliphatic rings. The van der Waals surface area contributed by atoms with Gasteiger partial charge in [0.2, 0.25) is 0 Å². The Morgan fingerprint density at radius 1 is 1.44 bits per heavy atom. The molecule has 0 aliphatic carbocycles. The van der Waals surface area contributed by atoms with Crippen molar-refractivity contribution in [2.75, 3.05) is 5.32 Å². The van der Waals surface area contributed by atoms with E-state index in [1.54, 1.807) is 11.4 Å². The average Bonchev–Trinajstić information content (AvgIpc) is 2.76. The van der Waals surface area contributed by atoms with E-state index in [9.17, 15) is 4.79 Å².